The van der Waals surface area contributed by atoms with Gasteiger partial charge in [-0.15, -0.1) is 0 Å². The van der Waals surface area contributed by atoms with Gasteiger partial charge in [0.25, 0.3) is 5.56 Å². The standard InChI is InChI=1S/C19H20N2O/c1-19(2,3)14-10-8-13(9-11-14)12-17-15-6-4-5-7-16(15)18(22)21-20-17/h4-11H,12H2,1-3H3,(H,21,22). The summed E-state index contributed by atoms with van der Waals surface area (Å²) in [7, 11) is 0. The fraction of sp³-hybridized carbons (Fsp3) is 0.263. The normalized spacial score (nSPS) is 11.8. The predicted octanol–water partition coefficient (Wildman–Crippen LogP) is 3.81. The maximum Gasteiger partial charge on any atom is 0.272 e. The molecule has 0 aliphatic carbocycles. The van der Waals surface area contributed by atoms with E-state index in [0.29, 0.717) is 11.8 Å². The number of aromatic amines is 1. The maximum atomic E-state index is 11.8. The Morgan fingerprint density at radius 2 is 1.59 bits per heavy atom. The van der Waals surface area contributed by atoms with Gasteiger partial charge >= 0.3 is 0 Å². The molecule has 0 radical (unpaired) electrons. The van der Waals surface area contributed by atoms with Gasteiger partial charge in [0.15, 0.2) is 0 Å². The van der Waals surface area contributed by atoms with E-state index < -0.39 is 0 Å². The van der Waals surface area contributed by atoms with Crippen molar-refractivity contribution >= 4 is 10.8 Å². The monoisotopic (exact) mass is 292 g/mol. The largest absolute Gasteiger partial charge is 0.272 e. The zero-order chi connectivity index (χ0) is 15.7. The number of rotatable bonds is 2. The molecular weight excluding hydrogens is 272 g/mol. The highest BCUT2D eigenvalue weighted by molar-refractivity contribution is 5.83. The van der Waals surface area contributed by atoms with Crippen LogP contribution in [0.3, 0.4) is 0 Å². The summed E-state index contributed by atoms with van der Waals surface area (Å²) in [6.07, 6.45) is 0.710. The van der Waals surface area contributed by atoms with Crippen molar-refractivity contribution in [3.05, 3.63) is 75.7 Å². The number of H-pyrrole nitrogens is 1. The number of fused-ring (bicyclic) bond motifs is 1. The first-order valence-corrected chi connectivity index (χ1v) is 7.51. The lowest BCUT2D eigenvalue weighted by molar-refractivity contribution is 0.590. The van der Waals surface area contributed by atoms with E-state index in [9.17, 15) is 4.79 Å². The molecule has 0 bridgehead atoms. The molecule has 0 spiro atoms. The SMILES string of the molecule is CC(C)(C)c1ccc(Cc2n[nH]c(=O)c3ccccc23)cc1. The van der Waals surface area contributed by atoms with Crippen molar-refractivity contribution in [2.24, 2.45) is 0 Å². The van der Waals surface area contributed by atoms with E-state index in [1.807, 2.05) is 24.3 Å². The highest BCUT2D eigenvalue weighted by Crippen LogP contribution is 2.23. The molecule has 3 aromatic rings. The second-order valence-corrected chi connectivity index (χ2v) is 6.67. The van der Waals surface area contributed by atoms with Gasteiger partial charge in [0.1, 0.15) is 0 Å². The van der Waals surface area contributed by atoms with Crippen LogP contribution >= 0.6 is 0 Å². The molecular formula is C19H20N2O. The highest BCUT2D eigenvalue weighted by Gasteiger charge is 2.13. The molecule has 22 heavy (non-hydrogen) atoms. The summed E-state index contributed by atoms with van der Waals surface area (Å²) in [6, 6.07) is 16.2. The molecule has 112 valence electrons. The average molecular weight is 292 g/mol. The third-order valence-electron chi connectivity index (χ3n) is 3.97. The minimum atomic E-state index is -0.137. The molecule has 1 heterocycles. The first kappa shape index (κ1) is 14.5. The average Bonchev–Trinajstić information content (AvgIpc) is 2.50. The lowest BCUT2D eigenvalue weighted by atomic mass is 9.86. The van der Waals surface area contributed by atoms with E-state index in [1.54, 1.807) is 0 Å². The van der Waals surface area contributed by atoms with Crippen LogP contribution in [0.4, 0.5) is 0 Å². The quantitative estimate of drug-likeness (QED) is 0.780. The van der Waals surface area contributed by atoms with Crippen molar-refractivity contribution in [1.29, 1.82) is 0 Å². The van der Waals surface area contributed by atoms with Gasteiger partial charge in [-0.3, -0.25) is 4.79 Å². The smallest absolute Gasteiger partial charge is 0.267 e. The summed E-state index contributed by atoms with van der Waals surface area (Å²) < 4.78 is 0. The molecule has 0 fully saturated rings. The maximum absolute atomic E-state index is 11.8. The zero-order valence-electron chi connectivity index (χ0n) is 13.2. The van der Waals surface area contributed by atoms with Gasteiger partial charge < -0.3 is 0 Å². The van der Waals surface area contributed by atoms with Crippen molar-refractivity contribution in [1.82, 2.24) is 10.2 Å². The van der Waals surface area contributed by atoms with Gasteiger partial charge in [-0.25, -0.2) is 5.10 Å². The second kappa shape index (κ2) is 5.41. The molecule has 0 aliphatic heterocycles. The van der Waals surface area contributed by atoms with Crippen LogP contribution in [0.5, 0.6) is 0 Å². The van der Waals surface area contributed by atoms with Gasteiger partial charge in [-0.1, -0.05) is 63.2 Å². The molecule has 2 aromatic carbocycles. The third-order valence-corrected chi connectivity index (χ3v) is 3.97. The minimum Gasteiger partial charge on any atom is -0.267 e. The van der Waals surface area contributed by atoms with Gasteiger partial charge in [0.05, 0.1) is 11.1 Å². The van der Waals surface area contributed by atoms with Gasteiger partial charge in [0, 0.05) is 11.8 Å². The first-order valence-electron chi connectivity index (χ1n) is 7.51. The Balaban J connectivity index is 1.97. The molecule has 0 unspecified atom stereocenters. The number of nitrogens with zero attached hydrogens (tertiary/aromatic N) is 1. The number of hydrogen-bond donors (Lipinski definition) is 1. The van der Waals surface area contributed by atoms with Gasteiger partial charge in [-0.05, 0) is 22.6 Å². The molecule has 0 atom stereocenters. The molecule has 0 saturated heterocycles. The van der Waals surface area contributed by atoms with Crippen molar-refractivity contribution in [2.45, 2.75) is 32.6 Å². The van der Waals surface area contributed by atoms with Crippen LogP contribution in [0.2, 0.25) is 0 Å². The van der Waals surface area contributed by atoms with Crippen LogP contribution in [0, 0.1) is 0 Å². The van der Waals surface area contributed by atoms with Gasteiger partial charge in [-0.2, -0.15) is 5.10 Å². The van der Waals surface area contributed by atoms with Crippen LogP contribution in [-0.4, -0.2) is 10.2 Å². The topological polar surface area (TPSA) is 45.8 Å². The predicted molar refractivity (Wildman–Crippen MR) is 90.3 cm³/mol. The molecule has 1 N–H and O–H groups in total. The summed E-state index contributed by atoms with van der Waals surface area (Å²) in [5, 5.41) is 8.44. The number of hydrogen-bond acceptors (Lipinski definition) is 2. The molecule has 0 amide bonds. The van der Waals surface area contributed by atoms with E-state index in [4.69, 9.17) is 0 Å². The lowest BCUT2D eigenvalue weighted by Gasteiger charge is -2.19. The Kier molecular flexibility index (Phi) is 3.57. The van der Waals surface area contributed by atoms with Crippen LogP contribution in [0.15, 0.2) is 53.3 Å². The number of nitrogens with one attached hydrogen (secondary N) is 1. The third kappa shape index (κ3) is 2.80. The fourth-order valence-electron chi connectivity index (χ4n) is 2.62. The van der Waals surface area contributed by atoms with Crippen molar-refractivity contribution in [3.63, 3.8) is 0 Å². The van der Waals surface area contributed by atoms with E-state index in [2.05, 4.69) is 55.2 Å². The summed E-state index contributed by atoms with van der Waals surface area (Å²) in [6.45, 7) is 6.62. The van der Waals surface area contributed by atoms with Crippen LogP contribution in [0.25, 0.3) is 10.8 Å². The van der Waals surface area contributed by atoms with Gasteiger partial charge in [0.2, 0.25) is 0 Å². The van der Waals surface area contributed by atoms with Crippen LogP contribution in [-0.2, 0) is 11.8 Å². The highest BCUT2D eigenvalue weighted by atomic mass is 16.1. The Labute approximate surface area is 130 Å². The van der Waals surface area contributed by atoms with E-state index in [1.165, 1.54) is 11.1 Å². The second-order valence-electron chi connectivity index (χ2n) is 6.67. The molecule has 3 nitrogen and oxygen atoms in total. The zero-order valence-corrected chi connectivity index (χ0v) is 13.2. The van der Waals surface area contributed by atoms with E-state index >= 15 is 0 Å². The molecule has 3 heteroatoms. The lowest BCUT2D eigenvalue weighted by Crippen LogP contribution is -2.12. The Hall–Kier alpha value is -2.42. The number of aromatic nitrogens is 2. The Bertz CT molecular complexity index is 855. The van der Waals surface area contributed by atoms with E-state index in [-0.39, 0.29) is 11.0 Å². The molecule has 1 aromatic heterocycles. The minimum absolute atomic E-state index is 0.137. The first-order chi connectivity index (χ1) is 10.4. The van der Waals surface area contributed by atoms with E-state index in [0.717, 1.165) is 11.1 Å². The summed E-state index contributed by atoms with van der Waals surface area (Å²) >= 11 is 0. The Morgan fingerprint density at radius 1 is 0.955 bits per heavy atom. The summed E-state index contributed by atoms with van der Waals surface area (Å²) in [4.78, 5) is 11.8. The molecule has 0 aliphatic rings. The fourth-order valence-corrected chi connectivity index (χ4v) is 2.62. The Morgan fingerprint density at radius 3 is 2.23 bits per heavy atom. The van der Waals surface area contributed by atoms with Crippen LogP contribution in [0.1, 0.15) is 37.6 Å². The van der Waals surface area contributed by atoms with Crippen LogP contribution < -0.4 is 5.56 Å². The molecule has 0 saturated carbocycles. The number of benzene rings is 2. The molecule has 3 rings (SSSR count). The summed E-state index contributed by atoms with van der Waals surface area (Å²) in [5.41, 5.74) is 3.43. The van der Waals surface area contributed by atoms with Crippen molar-refractivity contribution in [3.8, 4) is 0 Å². The summed E-state index contributed by atoms with van der Waals surface area (Å²) in [5.74, 6) is 0. The van der Waals surface area contributed by atoms with Crippen molar-refractivity contribution < 1.29 is 0 Å². The van der Waals surface area contributed by atoms with Crippen molar-refractivity contribution in [2.75, 3.05) is 0 Å².